The zero-order valence-corrected chi connectivity index (χ0v) is 17.5. The maximum atomic E-state index is 12.8. The summed E-state index contributed by atoms with van der Waals surface area (Å²) in [4.78, 5) is 17.2. The number of rotatable bonds is 8. The van der Waals surface area contributed by atoms with Gasteiger partial charge in [0.25, 0.3) is 0 Å². The third kappa shape index (κ3) is 4.81. The Balaban J connectivity index is 1.87. The molecule has 1 aromatic heterocycles. The molecule has 3 rings (SSSR count). The van der Waals surface area contributed by atoms with E-state index in [-0.39, 0.29) is 5.91 Å². The van der Waals surface area contributed by atoms with Gasteiger partial charge in [0.05, 0.1) is 21.3 Å². The van der Waals surface area contributed by atoms with Crippen LogP contribution in [0.2, 0.25) is 0 Å². The molecule has 3 aromatic rings. The topological polar surface area (TPSA) is 74.6 Å². The summed E-state index contributed by atoms with van der Waals surface area (Å²) in [5.41, 5.74) is 1.60. The first-order valence-corrected chi connectivity index (χ1v) is 9.37. The Labute approximate surface area is 175 Å². The summed E-state index contributed by atoms with van der Waals surface area (Å²) in [5, 5.41) is 3.03. The fourth-order valence-corrected chi connectivity index (χ4v) is 3.13. The van der Waals surface area contributed by atoms with Crippen molar-refractivity contribution in [2.24, 2.45) is 7.05 Å². The molecule has 0 aliphatic carbocycles. The number of imidazole rings is 1. The van der Waals surface area contributed by atoms with Gasteiger partial charge in [-0.05, 0) is 29.8 Å². The predicted molar refractivity (Wildman–Crippen MR) is 115 cm³/mol. The zero-order valence-electron chi connectivity index (χ0n) is 17.5. The first kappa shape index (κ1) is 21.0. The van der Waals surface area contributed by atoms with Crippen molar-refractivity contribution in [2.75, 3.05) is 21.3 Å². The summed E-state index contributed by atoms with van der Waals surface area (Å²) in [5.74, 6) is 2.40. The fraction of sp³-hybridized carbons (Fsp3) is 0.217. The monoisotopic (exact) mass is 407 g/mol. The summed E-state index contributed by atoms with van der Waals surface area (Å²) < 4.78 is 17.9. The van der Waals surface area contributed by atoms with Crippen LogP contribution in [0, 0.1) is 0 Å². The standard InChI is InChI=1S/C23H25N3O4/c1-26-12-11-24-23(26)22(19-7-5-6-8-20(19)30-4)25-21(27)10-9-16-13-17(28-2)15-18(14-16)29-3/h5-15,22H,1-4H3,(H,25,27)/b10-9+. The first-order chi connectivity index (χ1) is 14.5. The summed E-state index contributed by atoms with van der Waals surface area (Å²) in [6, 6.07) is 12.5. The highest BCUT2D eigenvalue weighted by Crippen LogP contribution is 2.29. The van der Waals surface area contributed by atoms with Crippen LogP contribution in [0.3, 0.4) is 0 Å². The van der Waals surface area contributed by atoms with Gasteiger partial charge in [0.2, 0.25) is 5.91 Å². The maximum Gasteiger partial charge on any atom is 0.244 e. The number of nitrogens with zero attached hydrogens (tertiary/aromatic N) is 2. The molecule has 2 aromatic carbocycles. The summed E-state index contributed by atoms with van der Waals surface area (Å²) >= 11 is 0. The molecule has 1 N–H and O–H groups in total. The molecule has 0 aliphatic heterocycles. The van der Waals surface area contributed by atoms with Crippen molar-refractivity contribution >= 4 is 12.0 Å². The Kier molecular flexibility index (Phi) is 6.75. The van der Waals surface area contributed by atoms with Gasteiger partial charge in [0.1, 0.15) is 29.1 Å². The maximum absolute atomic E-state index is 12.8. The van der Waals surface area contributed by atoms with Crippen LogP contribution in [0.15, 0.2) is 60.9 Å². The van der Waals surface area contributed by atoms with Gasteiger partial charge in [-0.1, -0.05) is 18.2 Å². The largest absolute Gasteiger partial charge is 0.497 e. The summed E-state index contributed by atoms with van der Waals surface area (Å²) in [6.45, 7) is 0. The molecule has 0 aliphatic rings. The van der Waals surface area contributed by atoms with Gasteiger partial charge in [0.15, 0.2) is 0 Å². The lowest BCUT2D eigenvalue weighted by molar-refractivity contribution is -0.117. The molecule has 1 unspecified atom stereocenters. The van der Waals surface area contributed by atoms with E-state index in [1.807, 2.05) is 54.2 Å². The third-order valence-electron chi connectivity index (χ3n) is 4.65. The van der Waals surface area contributed by atoms with Crippen molar-refractivity contribution in [2.45, 2.75) is 6.04 Å². The van der Waals surface area contributed by atoms with Crippen LogP contribution < -0.4 is 19.5 Å². The number of aryl methyl sites for hydroxylation is 1. The fourth-order valence-electron chi connectivity index (χ4n) is 3.13. The molecule has 0 radical (unpaired) electrons. The van der Waals surface area contributed by atoms with Crippen molar-refractivity contribution in [1.82, 2.24) is 14.9 Å². The highest BCUT2D eigenvalue weighted by Gasteiger charge is 2.23. The van der Waals surface area contributed by atoms with Gasteiger partial charge in [-0.25, -0.2) is 4.98 Å². The Morgan fingerprint density at radius 1 is 1.07 bits per heavy atom. The number of benzene rings is 2. The molecule has 0 saturated carbocycles. The normalized spacial score (nSPS) is 11.9. The molecule has 0 bridgehead atoms. The quantitative estimate of drug-likeness (QED) is 0.580. The number of para-hydroxylation sites is 1. The molecule has 1 amide bonds. The van der Waals surface area contributed by atoms with E-state index in [2.05, 4.69) is 10.3 Å². The SMILES string of the molecule is COc1cc(/C=C/C(=O)NC(c2ccccc2OC)c2nccn2C)cc(OC)c1. The van der Waals surface area contributed by atoms with E-state index < -0.39 is 6.04 Å². The summed E-state index contributed by atoms with van der Waals surface area (Å²) in [7, 11) is 6.65. The van der Waals surface area contributed by atoms with Crippen LogP contribution in [-0.4, -0.2) is 36.8 Å². The summed E-state index contributed by atoms with van der Waals surface area (Å²) in [6.07, 6.45) is 6.71. The van der Waals surface area contributed by atoms with Gasteiger partial charge in [-0.3, -0.25) is 4.79 Å². The van der Waals surface area contributed by atoms with Gasteiger partial charge in [-0.2, -0.15) is 0 Å². The van der Waals surface area contributed by atoms with Crippen molar-refractivity contribution < 1.29 is 19.0 Å². The minimum absolute atomic E-state index is 0.268. The predicted octanol–water partition coefficient (Wildman–Crippen LogP) is 3.36. The number of carbonyl (C=O) groups is 1. The minimum atomic E-state index is -0.474. The van der Waals surface area contributed by atoms with E-state index in [0.717, 1.165) is 11.1 Å². The van der Waals surface area contributed by atoms with E-state index in [1.54, 1.807) is 39.7 Å². The lowest BCUT2D eigenvalue weighted by atomic mass is 10.0. The number of nitrogens with one attached hydrogen (secondary N) is 1. The van der Waals surface area contributed by atoms with Crippen molar-refractivity contribution in [3.8, 4) is 17.2 Å². The number of hydrogen-bond acceptors (Lipinski definition) is 5. The van der Waals surface area contributed by atoms with E-state index in [4.69, 9.17) is 14.2 Å². The molecule has 7 nitrogen and oxygen atoms in total. The Hall–Kier alpha value is -3.74. The molecule has 0 saturated heterocycles. The molecule has 0 fully saturated rings. The second-order valence-electron chi connectivity index (χ2n) is 6.56. The van der Waals surface area contributed by atoms with Gasteiger partial charge >= 0.3 is 0 Å². The van der Waals surface area contributed by atoms with E-state index in [0.29, 0.717) is 23.1 Å². The molecule has 30 heavy (non-hydrogen) atoms. The number of hydrogen-bond donors (Lipinski definition) is 1. The van der Waals surface area contributed by atoms with E-state index in [1.165, 1.54) is 6.08 Å². The molecular weight excluding hydrogens is 382 g/mol. The molecule has 7 heteroatoms. The lowest BCUT2D eigenvalue weighted by Crippen LogP contribution is -2.30. The Morgan fingerprint density at radius 2 is 1.77 bits per heavy atom. The molecular formula is C23H25N3O4. The first-order valence-electron chi connectivity index (χ1n) is 9.37. The second kappa shape index (κ2) is 9.65. The Morgan fingerprint density at radius 3 is 2.37 bits per heavy atom. The Bertz CT molecular complexity index is 1020. The molecule has 1 heterocycles. The molecule has 1 atom stereocenters. The number of ether oxygens (including phenoxy) is 3. The average molecular weight is 407 g/mol. The van der Waals surface area contributed by atoms with Crippen molar-refractivity contribution in [3.05, 3.63) is 77.9 Å². The number of methoxy groups -OCH3 is 3. The van der Waals surface area contributed by atoms with Gasteiger partial charge < -0.3 is 24.1 Å². The van der Waals surface area contributed by atoms with Gasteiger partial charge in [-0.15, -0.1) is 0 Å². The van der Waals surface area contributed by atoms with Crippen molar-refractivity contribution in [1.29, 1.82) is 0 Å². The van der Waals surface area contributed by atoms with Crippen LogP contribution >= 0.6 is 0 Å². The van der Waals surface area contributed by atoms with Crippen LogP contribution in [0.5, 0.6) is 17.2 Å². The number of amides is 1. The second-order valence-corrected chi connectivity index (χ2v) is 6.56. The van der Waals surface area contributed by atoms with E-state index >= 15 is 0 Å². The highest BCUT2D eigenvalue weighted by molar-refractivity contribution is 5.92. The minimum Gasteiger partial charge on any atom is -0.497 e. The van der Waals surface area contributed by atoms with E-state index in [9.17, 15) is 4.79 Å². The van der Waals surface area contributed by atoms with Crippen LogP contribution in [-0.2, 0) is 11.8 Å². The average Bonchev–Trinajstić information content (AvgIpc) is 3.21. The van der Waals surface area contributed by atoms with Crippen LogP contribution in [0.1, 0.15) is 23.0 Å². The zero-order chi connectivity index (χ0) is 21.5. The third-order valence-corrected chi connectivity index (χ3v) is 4.65. The van der Waals surface area contributed by atoms with Crippen LogP contribution in [0.25, 0.3) is 6.08 Å². The highest BCUT2D eigenvalue weighted by atomic mass is 16.5. The van der Waals surface area contributed by atoms with Gasteiger partial charge in [0, 0.05) is 37.1 Å². The number of carbonyl (C=O) groups excluding carboxylic acids is 1. The van der Waals surface area contributed by atoms with Crippen molar-refractivity contribution in [3.63, 3.8) is 0 Å². The van der Waals surface area contributed by atoms with Crippen LogP contribution in [0.4, 0.5) is 0 Å². The molecule has 0 spiro atoms. The number of aromatic nitrogens is 2. The lowest BCUT2D eigenvalue weighted by Gasteiger charge is -2.20. The smallest absolute Gasteiger partial charge is 0.244 e. The molecule has 156 valence electrons.